The summed E-state index contributed by atoms with van der Waals surface area (Å²) in [7, 11) is 3.98. The molecule has 2 unspecified atom stereocenters. The third-order valence-electron chi connectivity index (χ3n) is 5.64. The highest BCUT2D eigenvalue weighted by atomic mass is 16.5. The molecule has 1 aliphatic carbocycles. The van der Waals surface area contributed by atoms with Crippen LogP contribution in [0.25, 0.3) is 0 Å². The Labute approximate surface area is 124 Å². The van der Waals surface area contributed by atoms with Crippen molar-refractivity contribution in [3.05, 3.63) is 0 Å². The second-order valence-electron chi connectivity index (χ2n) is 7.49. The van der Waals surface area contributed by atoms with E-state index in [2.05, 4.69) is 26.2 Å². The van der Waals surface area contributed by atoms with Gasteiger partial charge in [0.15, 0.2) is 0 Å². The summed E-state index contributed by atoms with van der Waals surface area (Å²) in [5.41, 5.74) is 0.512. The zero-order chi connectivity index (χ0) is 14.6. The third-order valence-corrected chi connectivity index (χ3v) is 5.64. The highest BCUT2D eigenvalue weighted by molar-refractivity contribution is 4.98. The van der Waals surface area contributed by atoms with Crippen molar-refractivity contribution in [2.45, 2.75) is 83.0 Å². The molecule has 3 heteroatoms. The highest BCUT2D eigenvalue weighted by Gasteiger charge is 2.43. The van der Waals surface area contributed by atoms with E-state index in [9.17, 15) is 0 Å². The van der Waals surface area contributed by atoms with Crippen LogP contribution in [0.1, 0.15) is 65.2 Å². The van der Waals surface area contributed by atoms with Crippen LogP contribution in [0.15, 0.2) is 0 Å². The molecule has 1 saturated carbocycles. The van der Waals surface area contributed by atoms with Gasteiger partial charge in [0.2, 0.25) is 0 Å². The van der Waals surface area contributed by atoms with E-state index >= 15 is 0 Å². The molecule has 0 spiro atoms. The molecule has 0 bridgehead atoms. The molecule has 1 saturated heterocycles. The first-order chi connectivity index (χ1) is 9.51. The topological polar surface area (TPSA) is 30.5 Å². The molecule has 0 aromatic rings. The van der Waals surface area contributed by atoms with Gasteiger partial charge in [0.05, 0.1) is 11.7 Å². The SMILES string of the molecule is CNC(CCC1CCCO1)C1(OC)CCC(C)(C)CC1. The van der Waals surface area contributed by atoms with Crippen LogP contribution >= 0.6 is 0 Å². The average molecular weight is 283 g/mol. The molecule has 20 heavy (non-hydrogen) atoms. The van der Waals surface area contributed by atoms with Gasteiger partial charge in [-0.1, -0.05) is 13.8 Å². The van der Waals surface area contributed by atoms with Crippen LogP contribution < -0.4 is 5.32 Å². The molecule has 1 heterocycles. The van der Waals surface area contributed by atoms with Gasteiger partial charge in [-0.2, -0.15) is 0 Å². The largest absolute Gasteiger partial charge is 0.378 e. The lowest BCUT2D eigenvalue weighted by Crippen LogP contribution is -2.54. The van der Waals surface area contributed by atoms with E-state index in [-0.39, 0.29) is 5.60 Å². The number of nitrogens with one attached hydrogen (secondary N) is 1. The van der Waals surface area contributed by atoms with Crippen LogP contribution in [0.3, 0.4) is 0 Å². The molecule has 2 atom stereocenters. The Morgan fingerprint density at radius 2 is 1.95 bits per heavy atom. The standard InChI is InChI=1S/C17H33NO2/c1-16(2)9-11-17(19-4,12-10-16)15(18-3)8-7-14-6-5-13-20-14/h14-15,18H,5-13H2,1-4H3. The summed E-state index contributed by atoms with van der Waals surface area (Å²) in [6.45, 7) is 5.72. The van der Waals surface area contributed by atoms with E-state index in [0.717, 1.165) is 13.0 Å². The minimum absolute atomic E-state index is 0.0306. The highest BCUT2D eigenvalue weighted by Crippen LogP contribution is 2.44. The first-order valence-electron chi connectivity index (χ1n) is 8.35. The van der Waals surface area contributed by atoms with Crippen molar-refractivity contribution in [2.75, 3.05) is 20.8 Å². The van der Waals surface area contributed by atoms with Gasteiger partial charge in [-0.3, -0.25) is 0 Å². The van der Waals surface area contributed by atoms with Crippen molar-refractivity contribution in [2.24, 2.45) is 5.41 Å². The van der Waals surface area contributed by atoms with Crippen LogP contribution in [0, 0.1) is 5.41 Å². The lowest BCUT2D eigenvalue weighted by atomic mass is 9.67. The Morgan fingerprint density at radius 3 is 2.45 bits per heavy atom. The Kier molecular flexibility index (Phi) is 5.49. The van der Waals surface area contributed by atoms with E-state index in [0.29, 0.717) is 17.6 Å². The lowest BCUT2D eigenvalue weighted by Gasteiger charge is -2.47. The number of hydrogen-bond donors (Lipinski definition) is 1. The average Bonchev–Trinajstić information content (AvgIpc) is 2.94. The summed E-state index contributed by atoms with van der Waals surface area (Å²) in [5, 5.41) is 3.53. The van der Waals surface area contributed by atoms with Crippen molar-refractivity contribution in [1.82, 2.24) is 5.32 Å². The van der Waals surface area contributed by atoms with Gasteiger partial charge in [-0.25, -0.2) is 0 Å². The molecule has 3 nitrogen and oxygen atoms in total. The Bertz CT molecular complexity index is 287. The number of ether oxygens (including phenoxy) is 2. The summed E-state index contributed by atoms with van der Waals surface area (Å²) < 4.78 is 11.8. The fourth-order valence-corrected chi connectivity index (χ4v) is 3.94. The van der Waals surface area contributed by atoms with Gasteiger partial charge in [0.1, 0.15) is 0 Å². The minimum Gasteiger partial charge on any atom is -0.378 e. The molecular formula is C17H33NO2. The maximum absolute atomic E-state index is 6.04. The van der Waals surface area contributed by atoms with Gasteiger partial charge < -0.3 is 14.8 Å². The number of likely N-dealkylation sites (N-methyl/N-ethyl adjacent to an activating group) is 1. The van der Waals surface area contributed by atoms with Crippen LogP contribution in [0.2, 0.25) is 0 Å². The third kappa shape index (κ3) is 3.75. The predicted molar refractivity (Wildman–Crippen MR) is 83.0 cm³/mol. The summed E-state index contributed by atoms with van der Waals surface area (Å²) in [4.78, 5) is 0. The number of methoxy groups -OCH3 is 1. The quantitative estimate of drug-likeness (QED) is 0.809. The second-order valence-corrected chi connectivity index (χ2v) is 7.49. The fraction of sp³-hybridized carbons (Fsp3) is 1.00. The molecule has 2 fully saturated rings. The van der Waals surface area contributed by atoms with Crippen molar-refractivity contribution in [1.29, 1.82) is 0 Å². The minimum atomic E-state index is 0.0306. The number of hydrogen-bond acceptors (Lipinski definition) is 3. The van der Waals surface area contributed by atoms with Crippen LogP contribution in [0.5, 0.6) is 0 Å². The van der Waals surface area contributed by atoms with E-state index in [4.69, 9.17) is 9.47 Å². The molecule has 118 valence electrons. The van der Waals surface area contributed by atoms with Gasteiger partial charge in [0, 0.05) is 19.8 Å². The molecular weight excluding hydrogens is 250 g/mol. The Morgan fingerprint density at radius 1 is 1.25 bits per heavy atom. The molecule has 0 radical (unpaired) electrons. The fourth-order valence-electron chi connectivity index (χ4n) is 3.94. The van der Waals surface area contributed by atoms with E-state index in [1.165, 1.54) is 44.9 Å². The molecule has 2 rings (SSSR count). The van der Waals surface area contributed by atoms with Gasteiger partial charge in [0.25, 0.3) is 0 Å². The van der Waals surface area contributed by atoms with Gasteiger partial charge in [-0.05, 0) is 63.8 Å². The molecule has 0 amide bonds. The maximum Gasteiger partial charge on any atom is 0.0831 e. The normalized spacial score (nSPS) is 30.3. The zero-order valence-electron chi connectivity index (χ0n) is 13.8. The second kappa shape index (κ2) is 6.76. The van der Waals surface area contributed by atoms with E-state index < -0.39 is 0 Å². The van der Waals surface area contributed by atoms with Crippen molar-refractivity contribution in [3.8, 4) is 0 Å². The Hall–Kier alpha value is -0.120. The van der Waals surface area contributed by atoms with Crippen LogP contribution in [-0.4, -0.2) is 38.5 Å². The smallest absolute Gasteiger partial charge is 0.0831 e. The monoisotopic (exact) mass is 283 g/mol. The first-order valence-corrected chi connectivity index (χ1v) is 8.35. The van der Waals surface area contributed by atoms with Crippen molar-refractivity contribution in [3.63, 3.8) is 0 Å². The molecule has 2 aliphatic rings. The van der Waals surface area contributed by atoms with Gasteiger partial charge in [-0.15, -0.1) is 0 Å². The summed E-state index contributed by atoms with van der Waals surface area (Å²) >= 11 is 0. The molecule has 0 aromatic carbocycles. The summed E-state index contributed by atoms with van der Waals surface area (Å²) in [5.74, 6) is 0. The molecule has 0 aromatic heterocycles. The zero-order valence-corrected chi connectivity index (χ0v) is 13.8. The van der Waals surface area contributed by atoms with E-state index in [1.807, 2.05) is 7.11 Å². The predicted octanol–water partition coefficient (Wildman–Crippen LogP) is 3.52. The van der Waals surface area contributed by atoms with E-state index in [1.54, 1.807) is 0 Å². The van der Waals surface area contributed by atoms with Crippen LogP contribution in [-0.2, 0) is 9.47 Å². The lowest BCUT2D eigenvalue weighted by molar-refractivity contribution is -0.0884. The first kappa shape index (κ1) is 16.3. The van der Waals surface area contributed by atoms with Crippen molar-refractivity contribution >= 4 is 0 Å². The maximum atomic E-state index is 6.04. The van der Waals surface area contributed by atoms with Crippen molar-refractivity contribution < 1.29 is 9.47 Å². The summed E-state index contributed by atoms with van der Waals surface area (Å²) in [6.07, 6.45) is 10.2. The summed E-state index contributed by atoms with van der Waals surface area (Å²) in [6, 6.07) is 0.452. The molecule has 1 N–H and O–H groups in total. The van der Waals surface area contributed by atoms with Crippen LogP contribution in [0.4, 0.5) is 0 Å². The van der Waals surface area contributed by atoms with Gasteiger partial charge >= 0.3 is 0 Å². The number of rotatable bonds is 6. The Balaban J connectivity index is 1.92. The molecule has 1 aliphatic heterocycles.